The van der Waals surface area contributed by atoms with Gasteiger partial charge in [0.1, 0.15) is 5.41 Å². The van der Waals surface area contributed by atoms with Gasteiger partial charge in [0.25, 0.3) is 0 Å². The molecule has 2 aliphatic rings. The number of benzene rings is 2. The summed E-state index contributed by atoms with van der Waals surface area (Å²) in [4.78, 5) is 28.4. The Bertz CT molecular complexity index is 1160. The third-order valence-electron chi connectivity index (χ3n) is 6.20. The van der Waals surface area contributed by atoms with Gasteiger partial charge in [-0.15, -0.1) is 0 Å². The van der Waals surface area contributed by atoms with E-state index in [-0.39, 0.29) is 26.1 Å². The zero-order valence-corrected chi connectivity index (χ0v) is 18.8. The Morgan fingerprint density at radius 3 is 2.42 bits per heavy atom. The Hall–Kier alpha value is -3.85. The van der Waals surface area contributed by atoms with Gasteiger partial charge in [0, 0.05) is 17.3 Å². The molecule has 0 saturated carbocycles. The molecule has 2 aliphatic heterocycles. The van der Waals surface area contributed by atoms with Crippen LogP contribution in [0.25, 0.3) is 17.3 Å². The molecular weight excluding hydrogens is 416 g/mol. The van der Waals surface area contributed by atoms with Gasteiger partial charge in [-0.25, -0.2) is 0 Å². The number of nitrogens with zero attached hydrogens (tertiary/aromatic N) is 2. The molecular formula is C27H26N2O4. The molecule has 2 atom stereocenters. The van der Waals surface area contributed by atoms with E-state index in [0.717, 1.165) is 22.4 Å². The number of fused-ring (bicyclic) bond motifs is 3. The normalized spacial score (nSPS) is 20.6. The first kappa shape index (κ1) is 22.3. The molecule has 0 N–H and O–H groups in total. The van der Waals surface area contributed by atoms with Crippen LogP contribution in [0.3, 0.4) is 0 Å². The van der Waals surface area contributed by atoms with Crippen LogP contribution in [0.15, 0.2) is 60.8 Å². The Balaban J connectivity index is 2.05. The molecule has 0 unspecified atom stereocenters. The average molecular weight is 443 g/mol. The Morgan fingerprint density at radius 1 is 1.03 bits per heavy atom. The van der Waals surface area contributed by atoms with E-state index >= 15 is 0 Å². The monoisotopic (exact) mass is 442 g/mol. The summed E-state index contributed by atoms with van der Waals surface area (Å²) in [7, 11) is 0. The van der Waals surface area contributed by atoms with Crippen molar-refractivity contribution in [2.45, 2.75) is 32.7 Å². The molecule has 6 nitrogen and oxygen atoms in total. The zero-order valence-electron chi connectivity index (χ0n) is 18.8. The van der Waals surface area contributed by atoms with Crippen molar-refractivity contribution in [1.82, 2.24) is 4.90 Å². The van der Waals surface area contributed by atoms with Crippen LogP contribution >= 0.6 is 0 Å². The van der Waals surface area contributed by atoms with Crippen molar-refractivity contribution in [3.63, 3.8) is 0 Å². The van der Waals surface area contributed by atoms with E-state index in [2.05, 4.69) is 6.07 Å². The Morgan fingerprint density at radius 2 is 1.73 bits per heavy atom. The van der Waals surface area contributed by atoms with Crippen molar-refractivity contribution in [2.24, 2.45) is 5.41 Å². The zero-order chi connectivity index (χ0) is 23.4. The van der Waals surface area contributed by atoms with Gasteiger partial charge in [0.05, 0.1) is 43.9 Å². The molecule has 2 heterocycles. The highest BCUT2D eigenvalue weighted by atomic mass is 16.5. The molecule has 0 spiro atoms. The van der Waals surface area contributed by atoms with Gasteiger partial charge < -0.3 is 14.4 Å². The van der Waals surface area contributed by atoms with Crippen LogP contribution in [0.5, 0.6) is 0 Å². The molecule has 0 aliphatic carbocycles. The summed E-state index contributed by atoms with van der Waals surface area (Å²) in [6, 6.07) is 19.0. The Labute approximate surface area is 193 Å². The lowest BCUT2D eigenvalue weighted by Crippen LogP contribution is -2.47. The van der Waals surface area contributed by atoms with Crippen molar-refractivity contribution < 1.29 is 19.1 Å². The van der Waals surface area contributed by atoms with Crippen LogP contribution in [-0.4, -0.2) is 36.1 Å². The van der Waals surface area contributed by atoms with E-state index in [9.17, 15) is 14.9 Å². The fourth-order valence-corrected chi connectivity index (χ4v) is 4.92. The number of ether oxygens (including phenoxy) is 2. The van der Waals surface area contributed by atoms with Gasteiger partial charge in [-0.1, -0.05) is 54.6 Å². The largest absolute Gasteiger partial charge is 0.466 e. The number of esters is 2. The Kier molecular flexibility index (Phi) is 6.32. The van der Waals surface area contributed by atoms with Crippen molar-refractivity contribution >= 4 is 29.3 Å². The quantitative estimate of drug-likeness (QED) is 0.581. The second-order valence-electron chi connectivity index (χ2n) is 7.95. The number of hydrogen-bond acceptors (Lipinski definition) is 6. The van der Waals surface area contributed by atoms with Crippen LogP contribution in [0.4, 0.5) is 0 Å². The van der Waals surface area contributed by atoms with Crippen LogP contribution in [-0.2, 0) is 19.1 Å². The van der Waals surface area contributed by atoms with E-state index in [1.54, 1.807) is 13.8 Å². The molecule has 0 saturated heterocycles. The summed E-state index contributed by atoms with van der Waals surface area (Å²) in [6.45, 7) is 3.89. The summed E-state index contributed by atoms with van der Waals surface area (Å²) in [5.41, 5.74) is 2.92. The SMILES string of the molecule is CCOC(=O)C[C@@H]1N2C=Cc3ccccc3C2=C(c2ccccc2)[C@]1(CC#N)C(=O)OCC. The van der Waals surface area contributed by atoms with Crippen LogP contribution in [0.1, 0.15) is 43.4 Å². The highest BCUT2D eigenvalue weighted by molar-refractivity contribution is 6.08. The number of carbonyl (C=O) groups excluding carboxylic acids is 2. The average Bonchev–Trinajstić information content (AvgIpc) is 3.11. The number of nitriles is 1. The molecule has 0 radical (unpaired) electrons. The predicted molar refractivity (Wildman–Crippen MR) is 125 cm³/mol. The van der Waals surface area contributed by atoms with E-state index < -0.39 is 23.4 Å². The summed E-state index contributed by atoms with van der Waals surface area (Å²) >= 11 is 0. The van der Waals surface area contributed by atoms with Gasteiger partial charge in [-0.2, -0.15) is 5.26 Å². The highest BCUT2D eigenvalue weighted by Gasteiger charge is 2.60. The molecule has 0 amide bonds. The number of hydrogen-bond donors (Lipinski definition) is 0. The van der Waals surface area contributed by atoms with Crippen molar-refractivity contribution in [3.05, 3.63) is 77.5 Å². The van der Waals surface area contributed by atoms with Gasteiger partial charge in [-0.05, 0) is 31.1 Å². The molecule has 4 rings (SSSR count). The fourth-order valence-electron chi connectivity index (χ4n) is 4.92. The third-order valence-corrected chi connectivity index (χ3v) is 6.20. The van der Waals surface area contributed by atoms with Crippen molar-refractivity contribution in [2.75, 3.05) is 13.2 Å². The number of carbonyl (C=O) groups is 2. The minimum absolute atomic E-state index is 0.0549. The lowest BCUT2D eigenvalue weighted by Gasteiger charge is -2.37. The highest BCUT2D eigenvalue weighted by Crippen LogP contribution is 2.57. The third kappa shape index (κ3) is 3.70. The lowest BCUT2D eigenvalue weighted by atomic mass is 9.69. The van der Waals surface area contributed by atoms with Gasteiger partial charge in [0.15, 0.2) is 0 Å². The molecule has 0 fully saturated rings. The number of rotatable bonds is 7. The first-order chi connectivity index (χ1) is 16.1. The summed E-state index contributed by atoms with van der Waals surface area (Å²) in [5, 5.41) is 9.92. The fraction of sp³-hybridized carbons (Fsp3) is 0.296. The summed E-state index contributed by atoms with van der Waals surface area (Å²) < 4.78 is 10.8. The first-order valence-corrected chi connectivity index (χ1v) is 11.1. The lowest BCUT2D eigenvalue weighted by molar-refractivity contribution is -0.155. The smallest absolute Gasteiger partial charge is 0.319 e. The summed E-state index contributed by atoms with van der Waals surface area (Å²) in [6.07, 6.45) is 3.67. The summed E-state index contributed by atoms with van der Waals surface area (Å²) in [5.74, 6) is -0.928. The first-order valence-electron chi connectivity index (χ1n) is 11.1. The molecule has 0 bridgehead atoms. The maximum atomic E-state index is 13.7. The van der Waals surface area contributed by atoms with E-state index in [1.165, 1.54) is 0 Å². The van der Waals surface area contributed by atoms with Gasteiger partial charge in [0.2, 0.25) is 0 Å². The second-order valence-corrected chi connectivity index (χ2v) is 7.95. The molecule has 0 aromatic heterocycles. The molecule has 168 valence electrons. The van der Waals surface area contributed by atoms with Crippen LogP contribution < -0.4 is 0 Å². The minimum atomic E-state index is -1.37. The molecule has 2 aromatic rings. The maximum absolute atomic E-state index is 13.7. The molecule has 6 heteroatoms. The van der Waals surface area contributed by atoms with Crippen molar-refractivity contribution in [3.8, 4) is 6.07 Å². The standard InChI is InChI=1S/C27H26N2O4/c1-3-32-23(30)18-22-27(15-16-28,26(31)33-4-2)24(20-11-6-5-7-12-20)25-21-13-9-8-10-19(21)14-17-29(22)25/h5-14,17,22H,3-4,15,18H2,1-2H3/t22-,27+/m0/s1. The molecule has 33 heavy (non-hydrogen) atoms. The van der Waals surface area contributed by atoms with E-state index in [0.29, 0.717) is 5.57 Å². The molecule has 2 aromatic carbocycles. The van der Waals surface area contributed by atoms with Gasteiger partial charge >= 0.3 is 11.9 Å². The minimum Gasteiger partial charge on any atom is -0.466 e. The maximum Gasteiger partial charge on any atom is 0.319 e. The van der Waals surface area contributed by atoms with Crippen molar-refractivity contribution in [1.29, 1.82) is 5.26 Å². The van der Waals surface area contributed by atoms with E-state index in [4.69, 9.17) is 9.47 Å². The van der Waals surface area contributed by atoms with E-state index in [1.807, 2.05) is 71.8 Å². The van der Waals surface area contributed by atoms with Crippen LogP contribution in [0, 0.1) is 16.7 Å². The van der Waals surface area contributed by atoms with Crippen LogP contribution in [0.2, 0.25) is 0 Å². The predicted octanol–water partition coefficient (Wildman–Crippen LogP) is 4.64. The topological polar surface area (TPSA) is 79.6 Å². The second kappa shape index (κ2) is 9.33. The van der Waals surface area contributed by atoms with Gasteiger partial charge in [-0.3, -0.25) is 9.59 Å².